The number of Topliss-reactive ketones (excluding diaryl/α,β-unsaturated/α-hetero) is 1. The number of hydrogen-bond acceptors (Lipinski definition) is 3. The molecule has 0 radical (unpaired) electrons. The van der Waals surface area contributed by atoms with Crippen LogP contribution in [-0.4, -0.2) is 23.3 Å². The number of carbonyl (C=O) groups excluding carboxylic acids is 2. The van der Waals surface area contributed by atoms with E-state index in [-0.39, 0.29) is 30.4 Å². The maximum absolute atomic E-state index is 11.4. The summed E-state index contributed by atoms with van der Waals surface area (Å²) >= 11 is 0. The zero-order valence-corrected chi connectivity index (χ0v) is 8.36. The predicted molar refractivity (Wildman–Crippen MR) is 54.8 cm³/mol. The van der Waals surface area contributed by atoms with Crippen molar-refractivity contribution in [3.63, 3.8) is 0 Å². The summed E-state index contributed by atoms with van der Waals surface area (Å²) in [6.45, 7) is 1.89. The number of phenols is 1. The number of ketones is 1. The van der Waals surface area contributed by atoms with Crippen molar-refractivity contribution < 1.29 is 14.7 Å². The van der Waals surface area contributed by atoms with Gasteiger partial charge in [-0.2, -0.15) is 0 Å². The van der Waals surface area contributed by atoms with Crippen LogP contribution in [0.2, 0.25) is 0 Å². The monoisotopic (exact) mass is 205 g/mol. The molecule has 1 aromatic carbocycles. The number of phenolic OH excluding ortho intramolecular Hbond substituents is 1. The topological polar surface area (TPSA) is 57.6 Å². The van der Waals surface area contributed by atoms with Gasteiger partial charge in [-0.05, 0) is 30.7 Å². The SMILES string of the molecule is Cc1cc(N2CC(=O)CC2=O)ccc1O. The van der Waals surface area contributed by atoms with Crippen LogP contribution in [0.1, 0.15) is 12.0 Å². The first-order valence-electron chi connectivity index (χ1n) is 4.69. The number of aromatic hydroxyl groups is 1. The van der Waals surface area contributed by atoms with Crippen molar-refractivity contribution >= 4 is 17.4 Å². The van der Waals surface area contributed by atoms with E-state index in [0.717, 1.165) is 0 Å². The van der Waals surface area contributed by atoms with E-state index >= 15 is 0 Å². The zero-order chi connectivity index (χ0) is 11.0. The molecular weight excluding hydrogens is 194 g/mol. The second kappa shape index (κ2) is 3.38. The lowest BCUT2D eigenvalue weighted by molar-refractivity contribution is -0.121. The molecule has 0 aliphatic carbocycles. The molecule has 0 unspecified atom stereocenters. The first kappa shape index (κ1) is 9.71. The third-order valence-electron chi connectivity index (χ3n) is 2.48. The molecule has 1 aliphatic rings. The summed E-state index contributed by atoms with van der Waals surface area (Å²) in [6, 6.07) is 4.87. The van der Waals surface area contributed by atoms with Crippen LogP contribution in [0.15, 0.2) is 18.2 Å². The molecule has 0 bridgehead atoms. The Bertz CT molecular complexity index is 439. The number of anilines is 1. The Morgan fingerprint density at radius 2 is 2.07 bits per heavy atom. The number of nitrogens with zero attached hydrogens (tertiary/aromatic N) is 1. The largest absolute Gasteiger partial charge is 0.508 e. The molecule has 1 saturated heterocycles. The van der Waals surface area contributed by atoms with Crippen molar-refractivity contribution in [3.8, 4) is 5.75 Å². The highest BCUT2D eigenvalue weighted by Gasteiger charge is 2.28. The average molecular weight is 205 g/mol. The third-order valence-corrected chi connectivity index (χ3v) is 2.48. The molecule has 78 valence electrons. The maximum Gasteiger partial charge on any atom is 0.234 e. The van der Waals surface area contributed by atoms with Gasteiger partial charge in [-0.1, -0.05) is 0 Å². The van der Waals surface area contributed by atoms with Crippen LogP contribution in [0, 0.1) is 6.92 Å². The zero-order valence-electron chi connectivity index (χ0n) is 8.36. The molecule has 4 heteroatoms. The van der Waals surface area contributed by atoms with Crippen LogP contribution < -0.4 is 4.90 Å². The molecule has 1 N–H and O–H groups in total. The van der Waals surface area contributed by atoms with Crippen LogP contribution in [0.25, 0.3) is 0 Å². The summed E-state index contributed by atoms with van der Waals surface area (Å²) < 4.78 is 0. The number of benzene rings is 1. The minimum atomic E-state index is -0.176. The van der Waals surface area contributed by atoms with Crippen LogP contribution in [0.4, 0.5) is 5.69 Å². The summed E-state index contributed by atoms with van der Waals surface area (Å²) in [7, 11) is 0. The normalized spacial score (nSPS) is 16.2. The van der Waals surface area contributed by atoms with E-state index in [1.54, 1.807) is 19.1 Å². The molecule has 0 atom stereocenters. The molecule has 15 heavy (non-hydrogen) atoms. The quantitative estimate of drug-likeness (QED) is 0.696. The molecule has 0 saturated carbocycles. The van der Waals surface area contributed by atoms with Gasteiger partial charge in [-0.3, -0.25) is 9.59 Å². The van der Waals surface area contributed by atoms with Gasteiger partial charge in [0.05, 0.1) is 13.0 Å². The van der Waals surface area contributed by atoms with E-state index in [2.05, 4.69) is 0 Å². The van der Waals surface area contributed by atoms with E-state index in [4.69, 9.17) is 0 Å². The van der Waals surface area contributed by atoms with Crippen LogP contribution in [-0.2, 0) is 9.59 Å². The van der Waals surface area contributed by atoms with Crippen LogP contribution in [0.3, 0.4) is 0 Å². The van der Waals surface area contributed by atoms with Crippen molar-refractivity contribution in [1.82, 2.24) is 0 Å². The molecule has 1 aromatic rings. The highest BCUT2D eigenvalue weighted by atomic mass is 16.3. The highest BCUT2D eigenvalue weighted by molar-refractivity contribution is 6.15. The maximum atomic E-state index is 11.4. The molecule has 4 nitrogen and oxygen atoms in total. The average Bonchev–Trinajstić information content (AvgIpc) is 2.50. The van der Waals surface area contributed by atoms with E-state index in [9.17, 15) is 14.7 Å². The predicted octanol–water partition coefficient (Wildman–Crippen LogP) is 1.01. The highest BCUT2D eigenvalue weighted by Crippen LogP contribution is 2.25. The Kier molecular flexibility index (Phi) is 2.19. The summed E-state index contributed by atoms with van der Waals surface area (Å²) in [5.74, 6) is -0.0486. The summed E-state index contributed by atoms with van der Waals surface area (Å²) in [5.41, 5.74) is 1.36. The number of hydrogen-bond donors (Lipinski definition) is 1. The molecular formula is C11H11NO3. The Balaban J connectivity index is 2.34. The standard InChI is InChI=1S/C11H11NO3/c1-7-4-8(2-3-10(7)14)12-6-9(13)5-11(12)15/h2-4,14H,5-6H2,1H3. The number of carbonyl (C=O) groups is 2. The molecule has 1 amide bonds. The van der Waals surface area contributed by atoms with E-state index < -0.39 is 0 Å². The van der Waals surface area contributed by atoms with E-state index in [0.29, 0.717) is 11.3 Å². The van der Waals surface area contributed by atoms with Crippen LogP contribution >= 0.6 is 0 Å². The lowest BCUT2D eigenvalue weighted by atomic mass is 10.2. The summed E-state index contributed by atoms with van der Waals surface area (Å²) in [6.07, 6.45) is -0.0140. The number of rotatable bonds is 1. The second-order valence-corrected chi connectivity index (χ2v) is 3.67. The molecule has 0 spiro atoms. The lowest BCUT2D eigenvalue weighted by Gasteiger charge is -2.15. The molecule has 1 heterocycles. The Morgan fingerprint density at radius 1 is 1.33 bits per heavy atom. The van der Waals surface area contributed by atoms with Crippen molar-refractivity contribution in [2.75, 3.05) is 11.4 Å². The van der Waals surface area contributed by atoms with Gasteiger partial charge in [-0.15, -0.1) is 0 Å². The molecule has 0 aromatic heterocycles. The van der Waals surface area contributed by atoms with Gasteiger partial charge in [0, 0.05) is 5.69 Å². The smallest absolute Gasteiger partial charge is 0.234 e. The fourth-order valence-corrected chi connectivity index (χ4v) is 1.63. The van der Waals surface area contributed by atoms with Gasteiger partial charge in [0.1, 0.15) is 5.75 Å². The minimum absolute atomic E-state index is 0.0140. The van der Waals surface area contributed by atoms with Gasteiger partial charge in [0.25, 0.3) is 0 Å². The van der Waals surface area contributed by atoms with E-state index in [1.807, 2.05) is 0 Å². The first-order chi connectivity index (χ1) is 7.08. The lowest BCUT2D eigenvalue weighted by Crippen LogP contribution is -2.24. The fourth-order valence-electron chi connectivity index (χ4n) is 1.63. The van der Waals surface area contributed by atoms with Crippen LogP contribution in [0.5, 0.6) is 5.75 Å². The third kappa shape index (κ3) is 1.70. The summed E-state index contributed by atoms with van der Waals surface area (Å²) in [4.78, 5) is 23.9. The van der Waals surface area contributed by atoms with Crippen molar-refractivity contribution in [1.29, 1.82) is 0 Å². The van der Waals surface area contributed by atoms with Crippen molar-refractivity contribution in [2.45, 2.75) is 13.3 Å². The van der Waals surface area contributed by atoms with Gasteiger partial charge in [-0.25, -0.2) is 0 Å². The fraction of sp³-hybridized carbons (Fsp3) is 0.273. The Morgan fingerprint density at radius 3 is 2.60 bits per heavy atom. The minimum Gasteiger partial charge on any atom is -0.508 e. The number of aryl methyl sites for hydroxylation is 1. The second-order valence-electron chi connectivity index (χ2n) is 3.67. The first-order valence-corrected chi connectivity index (χ1v) is 4.69. The molecule has 1 fully saturated rings. The van der Waals surface area contributed by atoms with Crippen molar-refractivity contribution in [2.24, 2.45) is 0 Å². The van der Waals surface area contributed by atoms with Crippen molar-refractivity contribution in [3.05, 3.63) is 23.8 Å². The van der Waals surface area contributed by atoms with Gasteiger partial charge >= 0.3 is 0 Å². The van der Waals surface area contributed by atoms with Gasteiger partial charge in [0.2, 0.25) is 5.91 Å². The van der Waals surface area contributed by atoms with Gasteiger partial charge in [0.15, 0.2) is 5.78 Å². The molecule has 1 aliphatic heterocycles. The van der Waals surface area contributed by atoms with E-state index in [1.165, 1.54) is 11.0 Å². The Labute approximate surface area is 87.1 Å². The number of amides is 1. The molecule has 2 rings (SSSR count). The Hall–Kier alpha value is -1.84. The van der Waals surface area contributed by atoms with Gasteiger partial charge < -0.3 is 10.0 Å². The summed E-state index contributed by atoms with van der Waals surface area (Å²) in [5, 5.41) is 9.33.